The van der Waals surface area contributed by atoms with Crippen molar-refractivity contribution in [1.82, 2.24) is 4.90 Å². The molecule has 2 unspecified atom stereocenters. The lowest BCUT2D eigenvalue weighted by Gasteiger charge is -2.43. The van der Waals surface area contributed by atoms with E-state index in [1.165, 1.54) is 11.0 Å². The van der Waals surface area contributed by atoms with Crippen molar-refractivity contribution in [2.75, 3.05) is 31.6 Å². The average molecular weight is 557 g/mol. The quantitative estimate of drug-likeness (QED) is 0.422. The molecule has 6 rings (SSSR count). The summed E-state index contributed by atoms with van der Waals surface area (Å²) in [7, 11) is 0. The molecule has 1 N–H and O–H groups in total. The first-order valence-electron chi connectivity index (χ1n) is 12.9. The van der Waals surface area contributed by atoms with Gasteiger partial charge in [-0.1, -0.05) is 30.3 Å². The van der Waals surface area contributed by atoms with Crippen molar-refractivity contribution in [3.63, 3.8) is 0 Å². The Morgan fingerprint density at radius 2 is 1.88 bits per heavy atom. The SMILES string of the molecule is CC1(C)CC2(C(=O)Nc3ccccc32)c2ccc(C(OCCN3CCOC3=O)c3ccc(C(F)(F)F)o3)cc2O1. The van der Waals surface area contributed by atoms with Gasteiger partial charge in [-0.2, -0.15) is 13.2 Å². The van der Waals surface area contributed by atoms with Crippen LogP contribution in [0.4, 0.5) is 23.7 Å². The minimum absolute atomic E-state index is 0.0188. The molecule has 2 aromatic carbocycles. The lowest BCUT2D eigenvalue weighted by Crippen LogP contribution is -2.48. The molecule has 1 saturated heterocycles. The molecule has 2 atom stereocenters. The van der Waals surface area contributed by atoms with E-state index in [-0.39, 0.29) is 31.4 Å². The maximum Gasteiger partial charge on any atom is 0.449 e. The van der Waals surface area contributed by atoms with Gasteiger partial charge in [-0.05, 0) is 49.2 Å². The molecule has 4 heterocycles. The largest absolute Gasteiger partial charge is 0.487 e. The fraction of sp³-hybridized carbons (Fsp3) is 0.379. The van der Waals surface area contributed by atoms with Crippen molar-refractivity contribution in [1.29, 1.82) is 0 Å². The Kier molecular flexibility index (Phi) is 6.10. The molecule has 1 spiro atoms. The fourth-order valence-corrected chi connectivity index (χ4v) is 5.86. The number of anilines is 1. The maximum atomic E-state index is 13.5. The highest BCUT2D eigenvalue weighted by molar-refractivity contribution is 6.09. The second-order valence-electron chi connectivity index (χ2n) is 10.8. The van der Waals surface area contributed by atoms with Crippen molar-refractivity contribution in [2.24, 2.45) is 0 Å². The molecule has 8 nitrogen and oxygen atoms in total. The Bertz CT molecular complexity index is 1480. The van der Waals surface area contributed by atoms with Crippen LogP contribution < -0.4 is 10.1 Å². The third kappa shape index (κ3) is 4.38. The zero-order valence-electron chi connectivity index (χ0n) is 21.8. The lowest BCUT2D eigenvalue weighted by atomic mass is 9.67. The molecule has 3 aliphatic rings. The van der Waals surface area contributed by atoms with Crippen LogP contribution in [0, 0.1) is 0 Å². The van der Waals surface area contributed by atoms with Gasteiger partial charge >= 0.3 is 12.3 Å². The van der Waals surface area contributed by atoms with Gasteiger partial charge in [0.1, 0.15) is 35.2 Å². The van der Waals surface area contributed by atoms with E-state index < -0.39 is 35.1 Å². The van der Waals surface area contributed by atoms with Crippen LogP contribution in [-0.4, -0.2) is 48.8 Å². The molecule has 1 aromatic heterocycles. The number of para-hydroxylation sites is 1. The van der Waals surface area contributed by atoms with Crippen LogP contribution in [0.2, 0.25) is 0 Å². The molecule has 0 bridgehead atoms. The van der Waals surface area contributed by atoms with Gasteiger partial charge in [0.25, 0.3) is 0 Å². The fourth-order valence-electron chi connectivity index (χ4n) is 5.86. The number of carbonyl (C=O) groups excluding carboxylic acids is 2. The molecule has 1 fully saturated rings. The number of nitrogens with one attached hydrogen (secondary N) is 1. The van der Waals surface area contributed by atoms with Gasteiger partial charge < -0.3 is 28.8 Å². The molecule has 0 radical (unpaired) electrons. The third-order valence-electron chi connectivity index (χ3n) is 7.52. The second-order valence-corrected chi connectivity index (χ2v) is 10.8. The van der Waals surface area contributed by atoms with Crippen molar-refractivity contribution in [3.05, 3.63) is 82.8 Å². The van der Waals surface area contributed by atoms with E-state index in [9.17, 15) is 22.8 Å². The number of ether oxygens (including phenoxy) is 3. The number of hydrogen-bond donors (Lipinski definition) is 1. The van der Waals surface area contributed by atoms with Gasteiger partial charge in [0, 0.05) is 24.2 Å². The van der Waals surface area contributed by atoms with E-state index in [0.29, 0.717) is 29.8 Å². The minimum Gasteiger partial charge on any atom is -0.487 e. The molecular weight excluding hydrogens is 529 g/mol. The number of furan rings is 1. The van der Waals surface area contributed by atoms with E-state index in [4.69, 9.17) is 18.6 Å². The van der Waals surface area contributed by atoms with Gasteiger partial charge in [0.05, 0.1) is 13.2 Å². The van der Waals surface area contributed by atoms with Crippen LogP contribution in [0.15, 0.2) is 59.0 Å². The van der Waals surface area contributed by atoms with Crippen LogP contribution in [0.3, 0.4) is 0 Å². The summed E-state index contributed by atoms with van der Waals surface area (Å²) >= 11 is 0. The monoisotopic (exact) mass is 556 g/mol. The summed E-state index contributed by atoms with van der Waals surface area (Å²) in [6.07, 6.45) is -5.77. The average Bonchev–Trinajstić information content (AvgIpc) is 3.60. The number of alkyl halides is 3. The second kappa shape index (κ2) is 9.29. The molecule has 3 aromatic rings. The zero-order chi connectivity index (χ0) is 28.3. The summed E-state index contributed by atoms with van der Waals surface area (Å²) in [6.45, 7) is 4.67. The summed E-state index contributed by atoms with van der Waals surface area (Å²) in [6, 6.07) is 14.8. The minimum atomic E-state index is -4.67. The lowest BCUT2D eigenvalue weighted by molar-refractivity contribution is -0.154. The van der Waals surface area contributed by atoms with Crippen LogP contribution >= 0.6 is 0 Å². The first-order valence-corrected chi connectivity index (χ1v) is 12.9. The highest BCUT2D eigenvalue weighted by Crippen LogP contribution is 2.54. The summed E-state index contributed by atoms with van der Waals surface area (Å²) in [5.74, 6) is -0.928. The molecule has 2 amide bonds. The van der Waals surface area contributed by atoms with Crippen LogP contribution in [0.1, 0.15) is 54.6 Å². The number of nitrogens with zero attached hydrogens (tertiary/aromatic N) is 1. The van der Waals surface area contributed by atoms with E-state index >= 15 is 0 Å². The van der Waals surface area contributed by atoms with Crippen molar-refractivity contribution in [3.8, 4) is 5.75 Å². The van der Waals surface area contributed by atoms with Gasteiger partial charge in [-0.3, -0.25) is 4.79 Å². The van der Waals surface area contributed by atoms with Crippen molar-refractivity contribution < 1.29 is 41.4 Å². The van der Waals surface area contributed by atoms with Crippen LogP contribution in [0.25, 0.3) is 0 Å². The standard InChI is InChI=1S/C29H27F3N2O6/c1-27(2)16-28(18-5-3-4-6-20(18)33-25(28)35)19-8-7-17(15-22(19)40-27)24(21-9-10-23(39-21)29(30,31)32)37-13-11-34-12-14-38-26(34)36/h3-10,15,24H,11-14,16H2,1-2H3,(H,33,35). The Labute approximate surface area is 228 Å². The molecule has 40 heavy (non-hydrogen) atoms. The van der Waals surface area contributed by atoms with E-state index in [2.05, 4.69) is 5.32 Å². The first kappa shape index (κ1) is 26.2. The normalized spacial score (nSPS) is 22.0. The van der Waals surface area contributed by atoms with Gasteiger partial charge in [-0.15, -0.1) is 0 Å². The zero-order valence-corrected chi connectivity index (χ0v) is 21.8. The summed E-state index contributed by atoms with van der Waals surface area (Å²) in [4.78, 5) is 26.8. The number of halogens is 3. The predicted molar refractivity (Wildman–Crippen MR) is 136 cm³/mol. The maximum absolute atomic E-state index is 13.5. The summed E-state index contributed by atoms with van der Waals surface area (Å²) in [5.41, 5.74) is 0.986. The van der Waals surface area contributed by atoms with E-state index in [1.54, 1.807) is 18.2 Å². The number of rotatable bonds is 6. The van der Waals surface area contributed by atoms with E-state index in [0.717, 1.165) is 17.3 Å². The molecule has 0 saturated carbocycles. The van der Waals surface area contributed by atoms with Gasteiger partial charge in [0.15, 0.2) is 0 Å². The number of fused-ring (bicyclic) bond motifs is 4. The number of amides is 2. The predicted octanol–water partition coefficient (Wildman–Crippen LogP) is 5.66. The van der Waals surface area contributed by atoms with Crippen LogP contribution in [-0.2, 0) is 25.9 Å². The Hall–Kier alpha value is -3.99. The number of cyclic esters (lactones) is 1. The smallest absolute Gasteiger partial charge is 0.449 e. The Balaban J connectivity index is 1.39. The van der Waals surface area contributed by atoms with E-state index in [1.807, 2.05) is 38.1 Å². The summed E-state index contributed by atoms with van der Waals surface area (Å²) in [5, 5.41) is 2.99. The molecule has 11 heteroatoms. The third-order valence-corrected chi connectivity index (χ3v) is 7.52. The highest BCUT2D eigenvalue weighted by Gasteiger charge is 2.55. The number of carbonyl (C=O) groups is 2. The van der Waals surface area contributed by atoms with Gasteiger partial charge in [-0.25, -0.2) is 4.79 Å². The highest BCUT2D eigenvalue weighted by atomic mass is 19.4. The number of hydrogen-bond acceptors (Lipinski definition) is 6. The van der Waals surface area contributed by atoms with Gasteiger partial charge in [0.2, 0.25) is 11.7 Å². The topological polar surface area (TPSA) is 90.2 Å². The number of benzene rings is 2. The Morgan fingerprint density at radius 3 is 2.60 bits per heavy atom. The van der Waals surface area contributed by atoms with Crippen molar-refractivity contribution >= 4 is 17.7 Å². The van der Waals surface area contributed by atoms with Crippen LogP contribution in [0.5, 0.6) is 5.75 Å². The molecule has 3 aliphatic heterocycles. The Morgan fingerprint density at radius 1 is 1.07 bits per heavy atom. The molecule has 0 aliphatic carbocycles. The molecule has 210 valence electrons. The summed E-state index contributed by atoms with van der Waals surface area (Å²) < 4.78 is 62.6. The first-order chi connectivity index (χ1) is 19.0. The van der Waals surface area contributed by atoms with Crippen molar-refractivity contribution in [2.45, 2.75) is 43.6 Å². The molecular formula is C29H27F3N2O6.